The first-order chi connectivity index (χ1) is 18.6. The molecule has 3 aliphatic rings. The number of morpholine rings is 1. The second kappa shape index (κ2) is 9.67. The Kier molecular flexibility index (Phi) is 6.01. The Morgan fingerprint density at radius 2 is 1.58 bits per heavy atom. The lowest BCUT2D eigenvalue weighted by atomic mass is 10.0. The summed E-state index contributed by atoms with van der Waals surface area (Å²) >= 11 is 0. The van der Waals surface area contributed by atoms with Crippen molar-refractivity contribution >= 4 is 16.7 Å². The molecule has 9 heteroatoms. The first kappa shape index (κ1) is 23.6. The fraction of sp³-hybridized carbons (Fsp3) is 0.345. The molecule has 3 saturated heterocycles. The number of ether oxygens (including phenoxy) is 4. The third-order valence-electron chi connectivity index (χ3n) is 7.53. The molecule has 3 aliphatic heterocycles. The maximum atomic E-state index is 15.1. The molecule has 2 aromatic heterocycles. The summed E-state index contributed by atoms with van der Waals surface area (Å²) in [4.78, 5) is 9.99. The zero-order chi connectivity index (χ0) is 25.6. The van der Waals surface area contributed by atoms with Gasteiger partial charge in [-0.05, 0) is 23.3 Å². The molecule has 196 valence electrons. The van der Waals surface area contributed by atoms with Gasteiger partial charge in [0.05, 0.1) is 37.5 Å². The zero-order valence-electron chi connectivity index (χ0n) is 20.7. The minimum absolute atomic E-state index is 0.233. The number of hydrogen-bond acceptors (Lipinski definition) is 7. The van der Waals surface area contributed by atoms with Crippen molar-refractivity contribution in [3.8, 4) is 28.3 Å². The van der Waals surface area contributed by atoms with E-state index in [2.05, 4.69) is 39.1 Å². The number of fused-ring (bicyclic) bond motifs is 2. The average molecular weight is 518 g/mol. The lowest BCUT2D eigenvalue weighted by Crippen LogP contribution is -2.36. The topological polar surface area (TPSA) is 89.1 Å². The minimum Gasteiger partial charge on any atom is -0.470 e. The van der Waals surface area contributed by atoms with E-state index in [1.54, 1.807) is 6.07 Å². The van der Waals surface area contributed by atoms with Gasteiger partial charge in [-0.15, -0.1) is 0 Å². The Balaban J connectivity index is 1.09. The van der Waals surface area contributed by atoms with E-state index in [1.807, 2.05) is 24.3 Å². The van der Waals surface area contributed by atoms with E-state index in [9.17, 15) is 5.11 Å². The van der Waals surface area contributed by atoms with E-state index in [1.165, 1.54) is 11.8 Å². The molecule has 4 atom stereocenters. The number of anilines is 1. The number of hydrogen-bond donors (Lipinski definition) is 2. The van der Waals surface area contributed by atoms with Crippen LogP contribution in [-0.2, 0) is 14.2 Å². The molecule has 0 radical (unpaired) electrons. The van der Waals surface area contributed by atoms with Gasteiger partial charge in [-0.1, -0.05) is 36.4 Å². The van der Waals surface area contributed by atoms with E-state index in [-0.39, 0.29) is 30.6 Å². The van der Waals surface area contributed by atoms with Gasteiger partial charge in [0.15, 0.2) is 17.8 Å². The van der Waals surface area contributed by atoms with Crippen molar-refractivity contribution in [3.63, 3.8) is 0 Å². The molecular formula is C29H28FN3O5. The molecule has 0 aliphatic carbocycles. The molecule has 3 fully saturated rings. The predicted molar refractivity (Wildman–Crippen MR) is 140 cm³/mol. The highest BCUT2D eigenvalue weighted by atomic mass is 19.1. The van der Waals surface area contributed by atoms with Crippen LogP contribution in [0, 0.1) is 5.82 Å². The average Bonchev–Trinajstić information content (AvgIpc) is 3.65. The molecule has 38 heavy (non-hydrogen) atoms. The van der Waals surface area contributed by atoms with Gasteiger partial charge in [0.2, 0.25) is 0 Å². The van der Waals surface area contributed by atoms with Gasteiger partial charge in [0, 0.05) is 36.5 Å². The fourth-order valence-electron chi connectivity index (χ4n) is 5.49. The number of rotatable bonds is 5. The van der Waals surface area contributed by atoms with Crippen molar-refractivity contribution < 1.29 is 28.4 Å². The summed E-state index contributed by atoms with van der Waals surface area (Å²) in [6, 6.07) is 19.4. The van der Waals surface area contributed by atoms with Gasteiger partial charge in [0.25, 0.3) is 0 Å². The number of aliphatic hydroxyl groups excluding tert-OH is 1. The van der Waals surface area contributed by atoms with Gasteiger partial charge in [-0.3, -0.25) is 0 Å². The number of pyridine rings is 1. The SMILES string of the molecule is O[C@@H]1CO[C@H]2[C@@H]1OC[C@H]2Oc1cc2nc(-c3ccc(-c4ccc(N5CCOCC5)cc4)cc3)c(F)cc2[nH]1. The summed E-state index contributed by atoms with van der Waals surface area (Å²) in [6.07, 6.45) is -1.71. The Morgan fingerprint density at radius 1 is 0.895 bits per heavy atom. The van der Waals surface area contributed by atoms with Crippen molar-refractivity contribution in [1.29, 1.82) is 0 Å². The lowest BCUT2D eigenvalue weighted by molar-refractivity contribution is 0.00794. The lowest BCUT2D eigenvalue weighted by Gasteiger charge is -2.28. The highest BCUT2D eigenvalue weighted by Crippen LogP contribution is 2.33. The predicted octanol–water partition coefficient (Wildman–Crippen LogP) is 3.78. The number of nitrogens with one attached hydrogen (secondary N) is 1. The Hall–Kier alpha value is -3.50. The smallest absolute Gasteiger partial charge is 0.193 e. The molecule has 2 N–H and O–H groups in total. The second-order valence-electron chi connectivity index (χ2n) is 9.93. The molecule has 0 spiro atoms. The highest BCUT2D eigenvalue weighted by Gasteiger charge is 2.48. The molecule has 2 aromatic carbocycles. The first-order valence-electron chi connectivity index (χ1n) is 12.9. The molecule has 7 rings (SSSR count). The van der Waals surface area contributed by atoms with E-state index in [0.29, 0.717) is 29.1 Å². The normalized spacial score (nSPS) is 25.2. The number of nitrogens with zero attached hydrogens (tertiary/aromatic N) is 2. The third-order valence-corrected chi connectivity index (χ3v) is 7.53. The van der Waals surface area contributed by atoms with Crippen LogP contribution in [0.4, 0.5) is 10.1 Å². The van der Waals surface area contributed by atoms with Crippen LogP contribution in [0.25, 0.3) is 33.4 Å². The number of halogens is 1. The van der Waals surface area contributed by atoms with Crippen molar-refractivity contribution in [3.05, 3.63) is 66.5 Å². The minimum atomic E-state index is -0.643. The van der Waals surface area contributed by atoms with E-state index in [4.69, 9.17) is 18.9 Å². The summed E-state index contributed by atoms with van der Waals surface area (Å²) in [5.74, 6) is 0.0409. The molecular weight excluding hydrogens is 489 g/mol. The van der Waals surface area contributed by atoms with Crippen molar-refractivity contribution in [1.82, 2.24) is 9.97 Å². The maximum Gasteiger partial charge on any atom is 0.193 e. The first-order valence-corrected chi connectivity index (χ1v) is 12.9. The molecule has 0 amide bonds. The van der Waals surface area contributed by atoms with Crippen LogP contribution < -0.4 is 9.64 Å². The number of aromatic nitrogens is 2. The van der Waals surface area contributed by atoms with Gasteiger partial charge in [0.1, 0.15) is 24.0 Å². The monoisotopic (exact) mass is 517 g/mol. The number of benzene rings is 2. The van der Waals surface area contributed by atoms with Gasteiger partial charge >= 0.3 is 0 Å². The summed E-state index contributed by atoms with van der Waals surface area (Å²) in [7, 11) is 0. The molecule has 5 heterocycles. The molecule has 0 unspecified atom stereocenters. The highest BCUT2D eigenvalue weighted by molar-refractivity contribution is 5.81. The van der Waals surface area contributed by atoms with Crippen LogP contribution in [-0.4, -0.2) is 79.0 Å². The van der Waals surface area contributed by atoms with Crippen LogP contribution in [0.3, 0.4) is 0 Å². The summed E-state index contributed by atoms with van der Waals surface area (Å²) < 4.78 is 37.8. The van der Waals surface area contributed by atoms with Crippen molar-refractivity contribution in [2.45, 2.75) is 24.4 Å². The third kappa shape index (κ3) is 4.31. The second-order valence-corrected chi connectivity index (χ2v) is 9.93. The summed E-state index contributed by atoms with van der Waals surface area (Å²) in [6.45, 7) is 3.87. The zero-order valence-corrected chi connectivity index (χ0v) is 20.7. The van der Waals surface area contributed by atoms with Crippen LogP contribution in [0.15, 0.2) is 60.7 Å². The molecule has 0 bridgehead atoms. The maximum absolute atomic E-state index is 15.1. The molecule has 4 aromatic rings. The Labute approximate surface area is 218 Å². The quantitative estimate of drug-likeness (QED) is 0.417. The van der Waals surface area contributed by atoms with Crippen LogP contribution in [0.2, 0.25) is 0 Å². The molecule has 8 nitrogen and oxygen atoms in total. The van der Waals surface area contributed by atoms with E-state index < -0.39 is 11.9 Å². The van der Waals surface area contributed by atoms with Gasteiger partial charge < -0.3 is 33.9 Å². The number of aromatic amines is 1. The summed E-state index contributed by atoms with van der Waals surface area (Å²) in [5, 5.41) is 9.94. The largest absolute Gasteiger partial charge is 0.470 e. The fourth-order valence-corrected chi connectivity index (χ4v) is 5.49. The standard InChI is InChI=1S/C29H28FN3O5/c30-21-13-22-23(14-26(31-22)38-25-16-37-28-24(34)15-36-29(25)28)32-27(21)19-3-1-17(2-4-19)18-5-7-20(8-6-18)33-9-11-35-12-10-33/h1-8,13-14,24-25,28-29,31,34H,9-12,15-16H2/t24-,25-,28-,29-/m1/s1. The van der Waals surface area contributed by atoms with Crippen LogP contribution in [0.1, 0.15) is 0 Å². The van der Waals surface area contributed by atoms with Crippen molar-refractivity contribution in [2.24, 2.45) is 0 Å². The van der Waals surface area contributed by atoms with E-state index in [0.717, 1.165) is 37.4 Å². The number of H-pyrrole nitrogens is 1. The van der Waals surface area contributed by atoms with Crippen LogP contribution >= 0.6 is 0 Å². The van der Waals surface area contributed by atoms with Gasteiger partial charge in [-0.25, -0.2) is 9.37 Å². The van der Waals surface area contributed by atoms with Gasteiger partial charge in [-0.2, -0.15) is 0 Å². The Morgan fingerprint density at radius 3 is 2.34 bits per heavy atom. The Bertz CT molecular complexity index is 1440. The summed E-state index contributed by atoms with van der Waals surface area (Å²) in [5.41, 5.74) is 5.46. The number of aliphatic hydroxyl groups is 1. The molecule has 0 saturated carbocycles. The van der Waals surface area contributed by atoms with Crippen molar-refractivity contribution in [2.75, 3.05) is 44.4 Å². The van der Waals surface area contributed by atoms with E-state index >= 15 is 4.39 Å². The van der Waals surface area contributed by atoms with Crippen LogP contribution in [0.5, 0.6) is 5.88 Å².